The van der Waals surface area contributed by atoms with Crippen molar-refractivity contribution in [2.45, 2.75) is 12.8 Å². The van der Waals surface area contributed by atoms with Crippen LogP contribution >= 0.6 is 0 Å². The van der Waals surface area contributed by atoms with Crippen molar-refractivity contribution < 1.29 is 24.0 Å². The van der Waals surface area contributed by atoms with E-state index in [1.807, 2.05) is 0 Å². The molecule has 1 heterocycles. The molecule has 1 aliphatic carbocycles. The van der Waals surface area contributed by atoms with E-state index < -0.39 is 23.6 Å². The van der Waals surface area contributed by atoms with Gasteiger partial charge in [-0.2, -0.15) is 4.79 Å². The Hall–Kier alpha value is -3.32. The highest BCUT2D eigenvalue weighted by molar-refractivity contribution is 6.13. The minimum Gasteiger partial charge on any atom is -0.361 e. The van der Waals surface area contributed by atoms with Crippen molar-refractivity contribution >= 4 is 29.3 Å². The molecule has 0 saturated carbocycles. The molecule has 2 N–H and O–H groups in total. The average Bonchev–Trinajstić information content (AvgIpc) is 2.89. The zero-order valence-corrected chi connectivity index (χ0v) is 12.0. The number of nitrogens with one attached hydrogen (secondary N) is 2. The van der Waals surface area contributed by atoms with E-state index in [0.29, 0.717) is 17.7 Å². The molecule has 2 rings (SSSR count). The van der Waals surface area contributed by atoms with Crippen molar-refractivity contribution in [1.82, 2.24) is 15.8 Å². The number of carbonyl (C=O) groups excluding carboxylic acids is 4. The average molecular weight is 315 g/mol. The molecule has 2 aliphatic rings. The van der Waals surface area contributed by atoms with Gasteiger partial charge in [-0.3, -0.25) is 34.9 Å². The first-order chi connectivity index (χ1) is 11.0. The number of nitrogens with zero attached hydrogens (tertiary/aromatic N) is 3. The summed E-state index contributed by atoms with van der Waals surface area (Å²) < 4.78 is 0. The third kappa shape index (κ3) is 4.08. The summed E-state index contributed by atoms with van der Waals surface area (Å²) in [6.07, 6.45) is 6.92. The monoisotopic (exact) mass is 315 g/mol. The predicted molar refractivity (Wildman–Crippen MR) is 77.2 cm³/mol. The Morgan fingerprint density at radius 2 is 1.83 bits per heavy atom. The van der Waals surface area contributed by atoms with E-state index in [4.69, 9.17) is 5.53 Å². The molecule has 0 aromatic heterocycles. The summed E-state index contributed by atoms with van der Waals surface area (Å²) in [6, 6.07) is 0. The van der Waals surface area contributed by atoms with Crippen LogP contribution in [0.5, 0.6) is 0 Å². The van der Waals surface area contributed by atoms with Crippen molar-refractivity contribution in [3.8, 4) is 0 Å². The molecule has 0 fully saturated rings. The second-order valence-electron chi connectivity index (χ2n) is 4.70. The molecular formula is C14H13N5O4. The second kappa shape index (κ2) is 7.10. The summed E-state index contributed by atoms with van der Waals surface area (Å²) in [4.78, 5) is 49.9. The molecule has 0 unspecified atom stereocenters. The molecule has 0 aromatic carbocycles. The van der Waals surface area contributed by atoms with Crippen molar-refractivity contribution in [3.05, 3.63) is 41.5 Å². The maximum absolute atomic E-state index is 11.8. The zero-order chi connectivity index (χ0) is 16.8. The lowest BCUT2D eigenvalue weighted by Crippen LogP contribution is -2.44. The van der Waals surface area contributed by atoms with Crippen molar-refractivity contribution in [1.29, 1.82) is 0 Å². The lowest BCUT2D eigenvalue weighted by atomic mass is 10.1. The fraction of sp³-hybridized carbons (Fsp3) is 0.214. The summed E-state index contributed by atoms with van der Waals surface area (Å²) >= 11 is 0. The summed E-state index contributed by atoms with van der Waals surface area (Å²) in [7, 11) is 0. The van der Waals surface area contributed by atoms with Gasteiger partial charge in [0.25, 0.3) is 23.4 Å². The summed E-state index contributed by atoms with van der Waals surface area (Å²) in [5.41, 5.74) is 13.7. The van der Waals surface area contributed by atoms with Gasteiger partial charge in [-0.25, -0.2) is 0 Å². The van der Waals surface area contributed by atoms with Crippen LogP contribution in [-0.4, -0.2) is 45.6 Å². The highest BCUT2D eigenvalue weighted by Gasteiger charge is 2.23. The van der Waals surface area contributed by atoms with E-state index in [2.05, 4.69) is 15.6 Å². The molecule has 1 aliphatic heterocycles. The predicted octanol–water partition coefficient (Wildman–Crippen LogP) is -0.994. The van der Waals surface area contributed by atoms with Crippen LogP contribution in [0.1, 0.15) is 12.8 Å². The molecule has 4 amide bonds. The second-order valence-corrected chi connectivity index (χ2v) is 4.70. The maximum atomic E-state index is 11.8. The topological polar surface area (TPSA) is 132 Å². The van der Waals surface area contributed by atoms with E-state index in [1.165, 1.54) is 12.2 Å². The van der Waals surface area contributed by atoms with Gasteiger partial charge >= 0.3 is 0 Å². The quantitative estimate of drug-likeness (QED) is 0.298. The molecule has 0 aromatic rings. The van der Waals surface area contributed by atoms with E-state index in [0.717, 1.165) is 17.1 Å². The molecule has 0 radical (unpaired) electrons. The molecule has 118 valence electrons. The molecule has 0 saturated heterocycles. The Labute approximate surface area is 130 Å². The van der Waals surface area contributed by atoms with Gasteiger partial charge in [0.05, 0.1) is 6.42 Å². The van der Waals surface area contributed by atoms with Gasteiger partial charge in [0.15, 0.2) is 0 Å². The summed E-state index contributed by atoms with van der Waals surface area (Å²) in [5, 5.41) is 0. The molecule has 9 nitrogen and oxygen atoms in total. The highest BCUT2D eigenvalue weighted by Crippen LogP contribution is 2.07. The van der Waals surface area contributed by atoms with Crippen LogP contribution in [0.2, 0.25) is 0 Å². The maximum Gasteiger partial charge on any atom is 0.295 e. The Morgan fingerprint density at radius 1 is 1.13 bits per heavy atom. The standard InChI is InChI=1S/C14H13N5O4/c15-16-10-3-1-9(2-4-10)14(23)18-17-11(20)7-8-19-12(21)5-6-13(19)22/h1-3,5-6H,4,7-8H2,(H,17,20)(H,18,23). The molecule has 23 heavy (non-hydrogen) atoms. The highest BCUT2D eigenvalue weighted by atomic mass is 16.2. The summed E-state index contributed by atoms with van der Waals surface area (Å²) in [6.45, 7) is -0.0642. The number of hydrogen-bond donors (Lipinski definition) is 2. The molecule has 0 atom stereocenters. The molecule has 0 spiro atoms. The van der Waals surface area contributed by atoms with E-state index in [1.54, 1.807) is 6.08 Å². The van der Waals surface area contributed by atoms with Crippen LogP contribution in [0.4, 0.5) is 0 Å². The Balaban J connectivity index is 1.74. The van der Waals surface area contributed by atoms with Crippen LogP contribution in [0, 0.1) is 0 Å². The zero-order valence-electron chi connectivity index (χ0n) is 12.0. The number of hydrazine groups is 1. The van der Waals surface area contributed by atoms with E-state index in [9.17, 15) is 19.2 Å². The van der Waals surface area contributed by atoms with Gasteiger partial charge in [0.1, 0.15) is 0 Å². The van der Waals surface area contributed by atoms with E-state index in [-0.39, 0.29) is 13.0 Å². The number of amides is 4. The van der Waals surface area contributed by atoms with E-state index >= 15 is 0 Å². The first-order valence-corrected chi connectivity index (χ1v) is 6.73. The summed E-state index contributed by atoms with van der Waals surface area (Å²) in [5.74, 6) is -2.00. The van der Waals surface area contributed by atoms with Crippen LogP contribution in [0.3, 0.4) is 0 Å². The first-order valence-electron chi connectivity index (χ1n) is 6.73. The van der Waals surface area contributed by atoms with Gasteiger partial charge in [0.2, 0.25) is 5.91 Å². The Bertz CT molecular complexity index is 695. The third-order valence-corrected chi connectivity index (χ3v) is 3.16. The van der Waals surface area contributed by atoms with Crippen LogP contribution in [0.15, 0.2) is 36.0 Å². The fourth-order valence-electron chi connectivity index (χ4n) is 1.91. The minimum absolute atomic E-state index is 0.0642. The third-order valence-electron chi connectivity index (χ3n) is 3.16. The fourth-order valence-corrected chi connectivity index (χ4v) is 1.91. The van der Waals surface area contributed by atoms with Crippen molar-refractivity contribution in [2.24, 2.45) is 0 Å². The Morgan fingerprint density at radius 3 is 2.39 bits per heavy atom. The van der Waals surface area contributed by atoms with Crippen molar-refractivity contribution in [2.75, 3.05) is 6.54 Å². The van der Waals surface area contributed by atoms with Gasteiger partial charge < -0.3 is 5.53 Å². The van der Waals surface area contributed by atoms with Gasteiger partial charge in [-0.1, -0.05) is 6.08 Å². The number of hydrogen-bond acceptors (Lipinski definition) is 4. The lowest BCUT2D eigenvalue weighted by molar-refractivity contribution is -0.137. The largest absolute Gasteiger partial charge is 0.361 e. The normalized spacial score (nSPS) is 16.3. The number of rotatable bonds is 4. The van der Waals surface area contributed by atoms with Gasteiger partial charge in [-0.15, -0.1) is 0 Å². The van der Waals surface area contributed by atoms with Crippen LogP contribution < -0.4 is 10.9 Å². The molecule has 0 bridgehead atoms. The lowest BCUT2D eigenvalue weighted by Gasteiger charge is -2.13. The first kappa shape index (κ1) is 16.1. The minimum atomic E-state index is -0.538. The molecular weight excluding hydrogens is 302 g/mol. The van der Waals surface area contributed by atoms with Crippen molar-refractivity contribution in [3.63, 3.8) is 0 Å². The number of imide groups is 1. The SMILES string of the molecule is [N-]=[N+]=C1C=CC(C(=O)NNC(=O)CCN2C(=O)C=CC2=O)=CC1. The van der Waals surface area contributed by atoms with Crippen LogP contribution in [0.25, 0.3) is 5.53 Å². The van der Waals surface area contributed by atoms with Gasteiger partial charge in [-0.05, 0) is 6.08 Å². The number of allylic oxidation sites excluding steroid dienone is 2. The van der Waals surface area contributed by atoms with Gasteiger partial charge in [0, 0.05) is 36.8 Å². The van der Waals surface area contributed by atoms with Crippen LogP contribution in [-0.2, 0) is 19.2 Å². The molecule has 9 heteroatoms. The Kier molecular flexibility index (Phi) is 4.96. The smallest absolute Gasteiger partial charge is 0.295 e. The number of carbonyl (C=O) groups is 4.